The molecule has 0 saturated carbocycles. The Morgan fingerprint density at radius 2 is 1.56 bits per heavy atom. The molecule has 0 aliphatic rings. The molecular formula is C12H15NO3. The lowest BCUT2D eigenvalue weighted by atomic mass is 10.1. The highest BCUT2D eigenvalue weighted by atomic mass is 16.5. The Bertz CT molecular complexity index is 333. The summed E-state index contributed by atoms with van der Waals surface area (Å²) in [6.07, 6.45) is 0. The first kappa shape index (κ1) is 12.2. The summed E-state index contributed by atoms with van der Waals surface area (Å²) in [6.45, 7) is 4.40. The van der Waals surface area contributed by atoms with Crippen molar-refractivity contribution in [2.24, 2.45) is 0 Å². The standard InChI is InChI=1S/C12H15NO3/c1-3-15-11(13)9-5-7-10(8-6-9)12(14)16-4-2/h5-8,13H,3-4H2,1-2H3. The van der Waals surface area contributed by atoms with Crippen molar-refractivity contribution < 1.29 is 14.3 Å². The number of esters is 1. The van der Waals surface area contributed by atoms with Gasteiger partial charge in [-0.1, -0.05) is 0 Å². The van der Waals surface area contributed by atoms with Crippen LogP contribution in [0.25, 0.3) is 0 Å². The topological polar surface area (TPSA) is 59.4 Å². The molecule has 4 nitrogen and oxygen atoms in total. The van der Waals surface area contributed by atoms with Gasteiger partial charge in [-0.25, -0.2) is 4.79 Å². The predicted molar refractivity (Wildman–Crippen MR) is 60.9 cm³/mol. The third kappa shape index (κ3) is 3.08. The van der Waals surface area contributed by atoms with E-state index in [0.717, 1.165) is 0 Å². The highest BCUT2D eigenvalue weighted by Gasteiger charge is 2.07. The number of benzene rings is 1. The highest BCUT2D eigenvalue weighted by molar-refractivity contribution is 5.94. The Kier molecular flexibility index (Phi) is 4.51. The average molecular weight is 221 g/mol. The molecule has 1 aromatic carbocycles. The summed E-state index contributed by atoms with van der Waals surface area (Å²) < 4.78 is 9.89. The second-order valence-corrected chi connectivity index (χ2v) is 3.06. The van der Waals surface area contributed by atoms with E-state index in [0.29, 0.717) is 24.3 Å². The van der Waals surface area contributed by atoms with Crippen LogP contribution in [0.3, 0.4) is 0 Å². The molecule has 0 unspecified atom stereocenters. The summed E-state index contributed by atoms with van der Waals surface area (Å²) in [5, 5.41) is 7.55. The van der Waals surface area contributed by atoms with Gasteiger partial charge in [-0.05, 0) is 38.1 Å². The van der Waals surface area contributed by atoms with Gasteiger partial charge in [0.05, 0.1) is 18.8 Å². The van der Waals surface area contributed by atoms with Gasteiger partial charge in [0.25, 0.3) is 0 Å². The lowest BCUT2D eigenvalue weighted by Crippen LogP contribution is -2.07. The molecule has 0 atom stereocenters. The Labute approximate surface area is 94.7 Å². The van der Waals surface area contributed by atoms with Crippen LogP contribution < -0.4 is 0 Å². The van der Waals surface area contributed by atoms with Crippen molar-refractivity contribution in [1.29, 1.82) is 5.41 Å². The maximum Gasteiger partial charge on any atom is 0.338 e. The van der Waals surface area contributed by atoms with Gasteiger partial charge in [0, 0.05) is 5.56 Å². The fourth-order valence-corrected chi connectivity index (χ4v) is 1.20. The quantitative estimate of drug-likeness (QED) is 0.482. The normalized spacial score (nSPS) is 9.62. The molecular weight excluding hydrogens is 206 g/mol. The van der Waals surface area contributed by atoms with Crippen LogP contribution in [0.2, 0.25) is 0 Å². The lowest BCUT2D eigenvalue weighted by Gasteiger charge is -2.05. The van der Waals surface area contributed by atoms with Crippen LogP contribution >= 0.6 is 0 Å². The Morgan fingerprint density at radius 3 is 2.06 bits per heavy atom. The maximum absolute atomic E-state index is 11.3. The molecule has 0 radical (unpaired) electrons. The summed E-state index contributed by atoms with van der Waals surface area (Å²) in [6, 6.07) is 6.59. The van der Waals surface area contributed by atoms with Crippen molar-refractivity contribution in [2.45, 2.75) is 13.8 Å². The molecule has 0 aliphatic carbocycles. The molecule has 1 aromatic rings. The molecule has 0 amide bonds. The van der Waals surface area contributed by atoms with E-state index in [1.54, 1.807) is 31.2 Å². The molecule has 0 bridgehead atoms. The number of carbonyl (C=O) groups is 1. The van der Waals surface area contributed by atoms with Crippen LogP contribution in [0.4, 0.5) is 0 Å². The van der Waals surface area contributed by atoms with E-state index in [9.17, 15) is 4.79 Å². The van der Waals surface area contributed by atoms with E-state index in [4.69, 9.17) is 14.9 Å². The third-order valence-electron chi connectivity index (χ3n) is 1.95. The minimum atomic E-state index is -0.350. The number of hydrogen-bond donors (Lipinski definition) is 1. The van der Waals surface area contributed by atoms with E-state index in [1.165, 1.54) is 0 Å². The van der Waals surface area contributed by atoms with Crippen LogP contribution in [0, 0.1) is 5.41 Å². The Morgan fingerprint density at radius 1 is 1.06 bits per heavy atom. The van der Waals surface area contributed by atoms with Crippen LogP contribution in [-0.2, 0) is 9.47 Å². The average Bonchev–Trinajstić information content (AvgIpc) is 2.30. The molecule has 86 valence electrons. The monoisotopic (exact) mass is 221 g/mol. The van der Waals surface area contributed by atoms with Gasteiger partial charge >= 0.3 is 5.97 Å². The van der Waals surface area contributed by atoms with Crippen LogP contribution in [0.5, 0.6) is 0 Å². The van der Waals surface area contributed by atoms with E-state index in [2.05, 4.69) is 0 Å². The van der Waals surface area contributed by atoms with E-state index in [1.807, 2.05) is 6.92 Å². The van der Waals surface area contributed by atoms with Gasteiger partial charge in [-0.2, -0.15) is 0 Å². The van der Waals surface area contributed by atoms with Gasteiger partial charge < -0.3 is 9.47 Å². The smallest absolute Gasteiger partial charge is 0.338 e. The first-order chi connectivity index (χ1) is 7.69. The molecule has 0 saturated heterocycles. The molecule has 1 N–H and O–H groups in total. The fraction of sp³-hybridized carbons (Fsp3) is 0.333. The summed E-state index contributed by atoms with van der Waals surface area (Å²) in [4.78, 5) is 11.3. The second-order valence-electron chi connectivity index (χ2n) is 3.06. The largest absolute Gasteiger partial charge is 0.478 e. The molecule has 1 rings (SSSR count). The van der Waals surface area contributed by atoms with Gasteiger partial charge in [0.15, 0.2) is 0 Å². The molecule has 4 heteroatoms. The summed E-state index contributed by atoms with van der Waals surface area (Å²) in [5.41, 5.74) is 1.13. The van der Waals surface area contributed by atoms with Crippen LogP contribution in [-0.4, -0.2) is 25.1 Å². The van der Waals surface area contributed by atoms with E-state index in [-0.39, 0.29) is 11.9 Å². The van der Waals surface area contributed by atoms with Crippen molar-refractivity contribution in [3.8, 4) is 0 Å². The van der Waals surface area contributed by atoms with Crippen molar-refractivity contribution in [1.82, 2.24) is 0 Å². The molecule has 0 spiro atoms. The van der Waals surface area contributed by atoms with E-state index >= 15 is 0 Å². The second kappa shape index (κ2) is 5.90. The molecule has 0 heterocycles. The zero-order valence-corrected chi connectivity index (χ0v) is 9.45. The number of hydrogen-bond acceptors (Lipinski definition) is 4. The van der Waals surface area contributed by atoms with Crippen LogP contribution in [0.15, 0.2) is 24.3 Å². The van der Waals surface area contributed by atoms with E-state index < -0.39 is 0 Å². The molecule has 0 aromatic heterocycles. The van der Waals surface area contributed by atoms with Gasteiger partial charge in [0.1, 0.15) is 0 Å². The van der Waals surface area contributed by atoms with Crippen molar-refractivity contribution in [2.75, 3.05) is 13.2 Å². The molecule has 0 fully saturated rings. The number of ether oxygens (including phenoxy) is 2. The minimum absolute atomic E-state index is 0.109. The zero-order chi connectivity index (χ0) is 12.0. The lowest BCUT2D eigenvalue weighted by molar-refractivity contribution is 0.0526. The van der Waals surface area contributed by atoms with Crippen LogP contribution in [0.1, 0.15) is 29.8 Å². The maximum atomic E-state index is 11.3. The SMILES string of the molecule is CCOC(=N)c1ccc(C(=O)OCC)cc1. The first-order valence-electron chi connectivity index (χ1n) is 5.18. The van der Waals surface area contributed by atoms with Crippen molar-refractivity contribution >= 4 is 11.9 Å². The fourth-order valence-electron chi connectivity index (χ4n) is 1.20. The number of carbonyl (C=O) groups excluding carboxylic acids is 1. The zero-order valence-electron chi connectivity index (χ0n) is 9.45. The summed E-state index contributed by atoms with van der Waals surface area (Å²) >= 11 is 0. The van der Waals surface area contributed by atoms with Gasteiger partial charge in [0.2, 0.25) is 5.90 Å². The summed E-state index contributed by atoms with van der Waals surface area (Å²) in [5.74, 6) is -0.241. The predicted octanol–water partition coefficient (Wildman–Crippen LogP) is 2.23. The first-order valence-corrected chi connectivity index (χ1v) is 5.18. The Hall–Kier alpha value is -1.84. The summed E-state index contributed by atoms with van der Waals surface area (Å²) in [7, 11) is 0. The van der Waals surface area contributed by atoms with Gasteiger partial charge in [-0.15, -0.1) is 0 Å². The molecule has 16 heavy (non-hydrogen) atoms. The highest BCUT2D eigenvalue weighted by Crippen LogP contribution is 2.07. The Balaban J connectivity index is 2.75. The van der Waals surface area contributed by atoms with Gasteiger partial charge in [-0.3, -0.25) is 5.41 Å². The number of rotatable bonds is 4. The van der Waals surface area contributed by atoms with Crippen molar-refractivity contribution in [3.63, 3.8) is 0 Å². The van der Waals surface area contributed by atoms with Crippen molar-refractivity contribution in [3.05, 3.63) is 35.4 Å². The minimum Gasteiger partial charge on any atom is -0.478 e. The third-order valence-corrected chi connectivity index (χ3v) is 1.95. The number of nitrogens with one attached hydrogen (secondary N) is 1. The molecule has 0 aliphatic heterocycles.